The van der Waals surface area contributed by atoms with Crippen molar-refractivity contribution in [2.24, 2.45) is 5.92 Å². The lowest BCUT2D eigenvalue weighted by Gasteiger charge is -2.33. The number of carbonyl (C=O) groups is 1. The van der Waals surface area contributed by atoms with Crippen molar-refractivity contribution in [3.8, 4) is 0 Å². The first kappa shape index (κ1) is 16.6. The predicted molar refractivity (Wildman–Crippen MR) is 96.4 cm³/mol. The van der Waals surface area contributed by atoms with Gasteiger partial charge in [0.2, 0.25) is 0 Å². The van der Waals surface area contributed by atoms with Crippen molar-refractivity contribution in [1.29, 1.82) is 0 Å². The van der Waals surface area contributed by atoms with E-state index in [1.165, 1.54) is 0 Å². The molecule has 1 N–H and O–H groups in total. The normalized spacial score (nSPS) is 26.4. The number of nitrogens with one attached hydrogen (secondary N) is 1. The predicted octanol–water partition coefficient (Wildman–Crippen LogP) is 2.46. The van der Waals surface area contributed by atoms with Crippen molar-refractivity contribution < 1.29 is 9.53 Å². The van der Waals surface area contributed by atoms with Crippen LogP contribution >= 0.6 is 11.3 Å². The monoisotopic (exact) mass is 358 g/mol. The van der Waals surface area contributed by atoms with E-state index in [0.29, 0.717) is 5.92 Å². The van der Waals surface area contributed by atoms with E-state index in [1.54, 1.807) is 17.5 Å². The largest absolute Gasteiger partial charge is 0.364 e. The molecule has 0 aliphatic carbocycles. The molecular formula is C18H22N4O2S. The highest BCUT2D eigenvalue weighted by Crippen LogP contribution is 2.34. The van der Waals surface area contributed by atoms with E-state index in [0.717, 1.165) is 48.9 Å². The van der Waals surface area contributed by atoms with Gasteiger partial charge in [0, 0.05) is 24.3 Å². The van der Waals surface area contributed by atoms with Crippen LogP contribution in [0, 0.1) is 12.8 Å². The van der Waals surface area contributed by atoms with Crippen molar-refractivity contribution in [3.63, 3.8) is 0 Å². The van der Waals surface area contributed by atoms with E-state index in [-0.39, 0.29) is 18.1 Å². The number of thiazole rings is 1. The van der Waals surface area contributed by atoms with Gasteiger partial charge < -0.3 is 10.1 Å². The van der Waals surface area contributed by atoms with E-state index in [9.17, 15) is 4.79 Å². The summed E-state index contributed by atoms with van der Waals surface area (Å²) in [5, 5.41) is 6.11. The Kier molecular flexibility index (Phi) is 4.78. The summed E-state index contributed by atoms with van der Waals surface area (Å²) in [6, 6.07) is 3.70. The van der Waals surface area contributed by atoms with Gasteiger partial charge in [-0.25, -0.2) is 4.98 Å². The SMILES string of the molecule is Cc1ncccc1NC(=O)[C@H]1C[C@@H]2CCN(Cc3nccs3)C[C@@H]2O1. The van der Waals surface area contributed by atoms with Gasteiger partial charge in [0.25, 0.3) is 5.91 Å². The molecule has 2 aromatic heterocycles. The summed E-state index contributed by atoms with van der Waals surface area (Å²) in [6.07, 6.45) is 5.23. The molecule has 0 radical (unpaired) electrons. The second-order valence-electron chi connectivity index (χ2n) is 6.73. The first-order valence-electron chi connectivity index (χ1n) is 8.67. The standard InChI is InChI=1S/C18H22N4O2S/c1-12-14(3-2-5-19-12)21-18(23)15-9-13-4-7-22(10-16(13)24-15)11-17-20-6-8-25-17/h2-3,5-6,8,13,15-16H,4,7,9-11H2,1H3,(H,21,23)/t13-,15+,16-/m0/s1. The molecule has 6 nitrogen and oxygen atoms in total. The smallest absolute Gasteiger partial charge is 0.253 e. The van der Waals surface area contributed by atoms with E-state index in [1.807, 2.05) is 30.6 Å². The topological polar surface area (TPSA) is 67.4 Å². The zero-order chi connectivity index (χ0) is 17.2. The molecule has 2 saturated heterocycles. The fraction of sp³-hybridized carbons (Fsp3) is 0.500. The summed E-state index contributed by atoms with van der Waals surface area (Å²) in [4.78, 5) is 23.5. The third kappa shape index (κ3) is 3.73. The molecule has 0 spiro atoms. The zero-order valence-corrected chi connectivity index (χ0v) is 15.0. The zero-order valence-electron chi connectivity index (χ0n) is 14.2. The number of likely N-dealkylation sites (tertiary alicyclic amines) is 1. The maximum atomic E-state index is 12.6. The first-order chi connectivity index (χ1) is 12.2. The lowest BCUT2D eigenvalue weighted by molar-refractivity contribution is -0.127. The minimum Gasteiger partial charge on any atom is -0.364 e. The van der Waals surface area contributed by atoms with E-state index in [2.05, 4.69) is 20.2 Å². The second-order valence-corrected chi connectivity index (χ2v) is 7.71. The molecule has 0 aromatic carbocycles. The Balaban J connectivity index is 1.34. The van der Waals surface area contributed by atoms with Crippen LogP contribution in [0.5, 0.6) is 0 Å². The Morgan fingerprint density at radius 2 is 2.36 bits per heavy atom. The molecule has 1 amide bonds. The summed E-state index contributed by atoms with van der Waals surface area (Å²) >= 11 is 1.69. The summed E-state index contributed by atoms with van der Waals surface area (Å²) in [6.45, 7) is 4.68. The van der Waals surface area contributed by atoms with Gasteiger partial charge in [-0.3, -0.25) is 14.7 Å². The number of piperidine rings is 1. The van der Waals surface area contributed by atoms with Crippen molar-refractivity contribution in [2.45, 2.75) is 38.5 Å². The van der Waals surface area contributed by atoms with Crippen molar-refractivity contribution in [1.82, 2.24) is 14.9 Å². The molecule has 2 aromatic rings. The number of aromatic nitrogens is 2. The van der Waals surface area contributed by atoms with Gasteiger partial charge in [0.1, 0.15) is 11.1 Å². The number of anilines is 1. The van der Waals surface area contributed by atoms with Gasteiger partial charge in [0.05, 0.1) is 24.0 Å². The average molecular weight is 358 g/mol. The minimum atomic E-state index is -0.366. The molecule has 2 fully saturated rings. The molecule has 25 heavy (non-hydrogen) atoms. The molecule has 4 rings (SSSR count). The summed E-state index contributed by atoms with van der Waals surface area (Å²) in [5.74, 6) is 0.412. The lowest BCUT2D eigenvalue weighted by Crippen LogP contribution is -2.41. The highest BCUT2D eigenvalue weighted by atomic mass is 32.1. The third-order valence-electron chi connectivity index (χ3n) is 5.04. The van der Waals surface area contributed by atoms with Gasteiger partial charge >= 0.3 is 0 Å². The van der Waals surface area contributed by atoms with Crippen molar-refractivity contribution in [3.05, 3.63) is 40.6 Å². The molecule has 132 valence electrons. The number of nitrogens with zero attached hydrogens (tertiary/aromatic N) is 3. The number of amides is 1. The second kappa shape index (κ2) is 7.19. The van der Waals surface area contributed by atoms with E-state index in [4.69, 9.17) is 4.74 Å². The third-order valence-corrected chi connectivity index (χ3v) is 5.80. The molecule has 0 bridgehead atoms. The number of ether oxygens (including phenoxy) is 1. The maximum absolute atomic E-state index is 12.6. The molecule has 2 aliphatic heterocycles. The molecule has 3 atom stereocenters. The number of aryl methyl sites for hydroxylation is 1. The average Bonchev–Trinajstić information content (AvgIpc) is 3.26. The molecule has 4 heterocycles. The Labute approximate surface area is 151 Å². The van der Waals surface area contributed by atoms with Crippen LogP contribution < -0.4 is 5.32 Å². The number of hydrogen-bond acceptors (Lipinski definition) is 6. The first-order valence-corrected chi connectivity index (χ1v) is 9.55. The van der Waals surface area contributed by atoms with Crippen LogP contribution in [0.15, 0.2) is 29.9 Å². The Morgan fingerprint density at radius 3 is 3.16 bits per heavy atom. The van der Waals surface area contributed by atoms with Crippen molar-refractivity contribution in [2.75, 3.05) is 18.4 Å². The Bertz CT molecular complexity index is 736. The fourth-order valence-electron chi connectivity index (χ4n) is 3.66. The summed E-state index contributed by atoms with van der Waals surface area (Å²) < 4.78 is 6.10. The number of rotatable bonds is 4. The number of hydrogen-bond donors (Lipinski definition) is 1. The van der Waals surface area contributed by atoms with E-state index >= 15 is 0 Å². The van der Waals surface area contributed by atoms with Crippen LogP contribution in [0.25, 0.3) is 0 Å². The van der Waals surface area contributed by atoms with Crippen LogP contribution in [0.3, 0.4) is 0 Å². The number of carbonyl (C=O) groups excluding carboxylic acids is 1. The summed E-state index contributed by atoms with van der Waals surface area (Å²) in [5.41, 5.74) is 1.58. The van der Waals surface area contributed by atoms with Crippen LogP contribution in [0.1, 0.15) is 23.5 Å². The van der Waals surface area contributed by atoms with Crippen LogP contribution in [0.2, 0.25) is 0 Å². The summed E-state index contributed by atoms with van der Waals surface area (Å²) in [7, 11) is 0. The number of pyridine rings is 1. The highest BCUT2D eigenvalue weighted by molar-refractivity contribution is 7.09. The lowest BCUT2D eigenvalue weighted by atomic mass is 9.91. The van der Waals surface area contributed by atoms with Gasteiger partial charge in [-0.2, -0.15) is 0 Å². The molecule has 0 saturated carbocycles. The van der Waals surface area contributed by atoms with Crippen LogP contribution in [-0.2, 0) is 16.1 Å². The van der Waals surface area contributed by atoms with Gasteiger partial charge in [-0.05, 0) is 44.4 Å². The quantitative estimate of drug-likeness (QED) is 0.909. The molecular weight excluding hydrogens is 336 g/mol. The van der Waals surface area contributed by atoms with Gasteiger partial charge in [-0.15, -0.1) is 11.3 Å². The highest BCUT2D eigenvalue weighted by Gasteiger charge is 2.41. The van der Waals surface area contributed by atoms with E-state index < -0.39 is 0 Å². The molecule has 0 unspecified atom stereocenters. The van der Waals surface area contributed by atoms with Crippen molar-refractivity contribution >= 4 is 22.9 Å². The Hall–Kier alpha value is -1.83. The maximum Gasteiger partial charge on any atom is 0.253 e. The molecule has 7 heteroatoms. The van der Waals surface area contributed by atoms with Crippen LogP contribution in [0.4, 0.5) is 5.69 Å². The van der Waals surface area contributed by atoms with Gasteiger partial charge in [-0.1, -0.05) is 0 Å². The minimum absolute atomic E-state index is 0.0584. The van der Waals surface area contributed by atoms with Gasteiger partial charge in [0.15, 0.2) is 0 Å². The number of fused-ring (bicyclic) bond motifs is 1. The van der Waals surface area contributed by atoms with Crippen LogP contribution in [-0.4, -0.2) is 46.1 Å². The fourth-order valence-corrected chi connectivity index (χ4v) is 4.32. The Morgan fingerprint density at radius 1 is 1.44 bits per heavy atom. The molecule has 2 aliphatic rings.